The van der Waals surface area contributed by atoms with E-state index in [0.717, 1.165) is 39.3 Å². The minimum atomic E-state index is 0.703. The number of benzene rings is 1. The maximum atomic E-state index is 5.88. The maximum absolute atomic E-state index is 5.88. The summed E-state index contributed by atoms with van der Waals surface area (Å²) in [7, 11) is 0. The van der Waals surface area contributed by atoms with Gasteiger partial charge in [0.2, 0.25) is 0 Å². The normalized spacial score (nSPS) is 17.9. The molecule has 0 N–H and O–H groups in total. The highest BCUT2D eigenvalue weighted by molar-refractivity contribution is 6.30. The number of hydrogen-bond acceptors (Lipinski definition) is 2. The molecule has 15 heavy (non-hydrogen) atoms. The van der Waals surface area contributed by atoms with Gasteiger partial charge in [0, 0.05) is 30.7 Å². The molecule has 0 aliphatic carbocycles. The third-order valence-electron chi connectivity index (χ3n) is 2.65. The third-order valence-corrected chi connectivity index (χ3v) is 2.87. The van der Waals surface area contributed by atoms with Crippen LogP contribution < -0.4 is 0 Å². The molecule has 2 rings (SSSR count). The van der Waals surface area contributed by atoms with Gasteiger partial charge >= 0.3 is 0 Å². The highest BCUT2D eigenvalue weighted by atomic mass is 35.5. The van der Waals surface area contributed by atoms with Crippen LogP contribution in [0.5, 0.6) is 0 Å². The van der Waals surface area contributed by atoms with E-state index in [1.807, 2.05) is 12.1 Å². The summed E-state index contributed by atoms with van der Waals surface area (Å²) in [6, 6.07) is 8.89. The Kier molecular flexibility index (Phi) is 4.01. The Bertz CT molecular complexity index is 310. The van der Waals surface area contributed by atoms with Crippen molar-refractivity contribution in [3.8, 4) is 0 Å². The molecule has 0 amide bonds. The predicted octanol–water partition coefficient (Wildman–Crippen LogP) is 2.01. The molecule has 81 valence electrons. The summed E-state index contributed by atoms with van der Waals surface area (Å²) in [4.78, 5) is 2.42. The maximum Gasteiger partial charge on any atom is 0.0594 e. The first-order valence-corrected chi connectivity index (χ1v) is 5.68. The fraction of sp³-hybridized carbons (Fsp3) is 0.500. The fourth-order valence-corrected chi connectivity index (χ4v) is 1.95. The summed E-state index contributed by atoms with van der Waals surface area (Å²) in [5.41, 5.74) is 1.28. The van der Waals surface area contributed by atoms with Crippen LogP contribution in [0.15, 0.2) is 18.2 Å². The van der Waals surface area contributed by atoms with Crippen molar-refractivity contribution in [2.45, 2.75) is 6.42 Å². The molecule has 1 aromatic carbocycles. The number of morpholine rings is 1. The van der Waals surface area contributed by atoms with E-state index in [4.69, 9.17) is 16.3 Å². The van der Waals surface area contributed by atoms with Gasteiger partial charge in [0.1, 0.15) is 0 Å². The molecule has 0 atom stereocenters. The zero-order valence-electron chi connectivity index (χ0n) is 8.71. The van der Waals surface area contributed by atoms with Crippen LogP contribution in [-0.2, 0) is 11.2 Å². The van der Waals surface area contributed by atoms with Crippen LogP contribution in [0.2, 0.25) is 5.02 Å². The van der Waals surface area contributed by atoms with E-state index in [-0.39, 0.29) is 0 Å². The lowest BCUT2D eigenvalue weighted by molar-refractivity contribution is 0.0384. The van der Waals surface area contributed by atoms with E-state index in [2.05, 4.69) is 17.0 Å². The molecule has 0 unspecified atom stereocenters. The van der Waals surface area contributed by atoms with E-state index in [9.17, 15) is 0 Å². The molecular formula is C12H15ClNO. The molecule has 0 aromatic heterocycles. The summed E-state index contributed by atoms with van der Waals surface area (Å²) in [6.07, 6.45) is 1.05. The number of hydrogen-bond donors (Lipinski definition) is 0. The quantitative estimate of drug-likeness (QED) is 0.779. The van der Waals surface area contributed by atoms with Gasteiger partial charge in [-0.1, -0.05) is 23.7 Å². The number of halogens is 1. The molecule has 2 nitrogen and oxygen atoms in total. The van der Waals surface area contributed by atoms with Crippen molar-refractivity contribution in [3.05, 3.63) is 34.9 Å². The average molecular weight is 225 g/mol. The van der Waals surface area contributed by atoms with Gasteiger partial charge in [-0.15, -0.1) is 0 Å². The van der Waals surface area contributed by atoms with Crippen molar-refractivity contribution in [2.24, 2.45) is 0 Å². The Morgan fingerprint density at radius 3 is 2.93 bits per heavy atom. The van der Waals surface area contributed by atoms with Gasteiger partial charge < -0.3 is 4.74 Å². The average Bonchev–Trinajstić information content (AvgIpc) is 2.28. The van der Waals surface area contributed by atoms with Gasteiger partial charge in [0.15, 0.2) is 0 Å². The molecule has 1 saturated heterocycles. The SMILES string of the molecule is Clc1[c]ccc(CCN2CCOCC2)c1. The van der Waals surface area contributed by atoms with E-state index in [0.29, 0.717) is 5.02 Å². The minimum Gasteiger partial charge on any atom is -0.379 e. The zero-order valence-corrected chi connectivity index (χ0v) is 9.46. The van der Waals surface area contributed by atoms with Crippen LogP contribution in [0.4, 0.5) is 0 Å². The Morgan fingerprint density at radius 1 is 1.40 bits per heavy atom. The summed E-state index contributed by atoms with van der Waals surface area (Å²) in [5, 5.41) is 0.703. The molecule has 3 heteroatoms. The molecule has 1 fully saturated rings. The predicted molar refractivity (Wildman–Crippen MR) is 61.3 cm³/mol. The third kappa shape index (κ3) is 3.49. The molecule has 1 aliphatic heterocycles. The van der Waals surface area contributed by atoms with Gasteiger partial charge in [-0.25, -0.2) is 0 Å². The second-order valence-corrected chi connectivity index (χ2v) is 4.16. The number of nitrogens with zero attached hydrogens (tertiary/aromatic N) is 1. The van der Waals surface area contributed by atoms with Crippen molar-refractivity contribution in [1.82, 2.24) is 4.90 Å². The molecule has 1 radical (unpaired) electrons. The van der Waals surface area contributed by atoms with Crippen molar-refractivity contribution < 1.29 is 4.74 Å². The second kappa shape index (κ2) is 5.50. The minimum absolute atomic E-state index is 0.703. The smallest absolute Gasteiger partial charge is 0.0594 e. The van der Waals surface area contributed by atoms with Crippen LogP contribution in [0.1, 0.15) is 5.56 Å². The van der Waals surface area contributed by atoms with E-state index >= 15 is 0 Å². The number of rotatable bonds is 3. The van der Waals surface area contributed by atoms with Crippen LogP contribution in [0, 0.1) is 6.07 Å². The molecule has 1 aromatic rings. The largest absolute Gasteiger partial charge is 0.379 e. The highest BCUT2D eigenvalue weighted by Crippen LogP contribution is 2.11. The molecule has 1 aliphatic rings. The van der Waals surface area contributed by atoms with Crippen LogP contribution in [0.3, 0.4) is 0 Å². The van der Waals surface area contributed by atoms with Gasteiger partial charge in [-0.05, 0) is 18.1 Å². The van der Waals surface area contributed by atoms with Crippen LogP contribution in [0.25, 0.3) is 0 Å². The van der Waals surface area contributed by atoms with Crippen LogP contribution in [-0.4, -0.2) is 37.7 Å². The van der Waals surface area contributed by atoms with Crippen molar-refractivity contribution in [1.29, 1.82) is 0 Å². The number of ether oxygens (including phenoxy) is 1. The topological polar surface area (TPSA) is 12.5 Å². The molecule has 1 heterocycles. The van der Waals surface area contributed by atoms with Gasteiger partial charge in [0.25, 0.3) is 0 Å². The first-order valence-electron chi connectivity index (χ1n) is 5.31. The second-order valence-electron chi connectivity index (χ2n) is 3.75. The lowest BCUT2D eigenvalue weighted by Crippen LogP contribution is -2.37. The van der Waals surface area contributed by atoms with Gasteiger partial charge in [0.05, 0.1) is 13.2 Å². The summed E-state index contributed by atoms with van der Waals surface area (Å²) >= 11 is 5.88. The Hall–Kier alpha value is -0.570. The first kappa shape index (κ1) is 10.9. The lowest BCUT2D eigenvalue weighted by Gasteiger charge is -2.26. The molecule has 0 saturated carbocycles. The standard InChI is InChI=1S/C12H15ClNO/c13-12-3-1-2-11(10-12)4-5-14-6-8-15-9-7-14/h1-2,10H,4-9H2. The van der Waals surface area contributed by atoms with Crippen molar-refractivity contribution in [2.75, 3.05) is 32.8 Å². The summed E-state index contributed by atoms with van der Waals surface area (Å²) < 4.78 is 5.30. The fourth-order valence-electron chi connectivity index (χ4n) is 1.75. The Morgan fingerprint density at radius 2 is 2.20 bits per heavy atom. The first-order chi connectivity index (χ1) is 7.34. The van der Waals surface area contributed by atoms with E-state index < -0.39 is 0 Å². The van der Waals surface area contributed by atoms with Crippen molar-refractivity contribution >= 4 is 11.6 Å². The highest BCUT2D eigenvalue weighted by Gasteiger charge is 2.09. The van der Waals surface area contributed by atoms with Crippen molar-refractivity contribution in [3.63, 3.8) is 0 Å². The lowest BCUT2D eigenvalue weighted by atomic mass is 10.1. The molecule has 0 bridgehead atoms. The van der Waals surface area contributed by atoms with E-state index in [1.165, 1.54) is 5.56 Å². The monoisotopic (exact) mass is 224 g/mol. The van der Waals surface area contributed by atoms with Gasteiger partial charge in [-0.2, -0.15) is 0 Å². The zero-order chi connectivity index (χ0) is 10.5. The summed E-state index contributed by atoms with van der Waals surface area (Å²) in [5.74, 6) is 0. The van der Waals surface area contributed by atoms with Crippen LogP contribution >= 0.6 is 11.6 Å². The molecular weight excluding hydrogens is 210 g/mol. The van der Waals surface area contributed by atoms with E-state index in [1.54, 1.807) is 0 Å². The Labute approximate surface area is 95.8 Å². The molecule has 0 spiro atoms. The summed E-state index contributed by atoms with van der Waals surface area (Å²) in [6.45, 7) is 4.91. The van der Waals surface area contributed by atoms with Gasteiger partial charge in [-0.3, -0.25) is 4.90 Å². The Balaban J connectivity index is 1.81.